The van der Waals surface area contributed by atoms with Crippen LogP contribution < -0.4 is 19.9 Å². The van der Waals surface area contributed by atoms with E-state index in [-0.39, 0.29) is 0 Å². The quantitative estimate of drug-likeness (QED) is 0.728. The van der Waals surface area contributed by atoms with Gasteiger partial charge in [-0.05, 0) is 18.1 Å². The van der Waals surface area contributed by atoms with E-state index in [1.807, 2.05) is 37.3 Å². The molecule has 5 heteroatoms. The lowest BCUT2D eigenvalue weighted by Gasteiger charge is -2.23. The van der Waals surface area contributed by atoms with Crippen molar-refractivity contribution >= 4 is 0 Å². The second-order valence-corrected chi connectivity index (χ2v) is 5.90. The summed E-state index contributed by atoms with van der Waals surface area (Å²) < 4.78 is 16.7. The van der Waals surface area contributed by atoms with Gasteiger partial charge in [-0.3, -0.25) is 0 Å². The van der Waals surface area contributed by atoms with Crippen molar-refractivity contribution in [3.63, 3.8) is 0 Å². The Bertz CT molecular complexity index is 660. The molecule has 2 aromatic carbocycles. The minimum atomic E-state index is -0.651. The van der Waals surface area contributed by atoms with Crippen LogP contribution in [0.4, 0.5) is 0 Å². The molecule has 2 aromatic rings. The van der Waals surface area contributed by atoms with Gasteiger partial charge in [0.2, 0.25) is 0 Å². The highest BCUT2D eigenvalue weighted by atomic mass is 16.5. The average Bonchev–Trinajstić information content (AvgIpc) is 2.66. The Balaban J connectivity index is 2.33. The van der Waals surface area contributed by atoms with E-state index in [4.69, 9.17) is 19.9 Å². The standard InChI is InChI=1S/C20H27NO4/c1-4-8-16(22)20(21)15-11-18(23-2)19(24-3)12-17(15)25-13-14-9-6-5-7-10-14/h5-7,9-12,16,20,22H,4,8,13,21H2,1-3H3/t16-,20+/m0/s1. The minimum Gasteiger partial charge on any atom is -0.493 e. The number of rotatable bonds is 9. The Kier molecular flexibility index (Phi) is 7.10. The highest BCUT2D eigenvalue weighted by Gasteiger charge is 2.23. The fraction of sp³-hybridized carbons (Fsp3) is 0.400. The molecule has 0 aliphatic rings. The van der Waals surface area contributed by atoms with Crippen LogP contribution in [0.1, 0.15) is 36.9 Å². The SMILES string of the molecule is CCC[C@H](O)[C@H](N)c1cc(OC)c(OC)cc1OCc1ccccc1. The van der Waals surface area contributed by atoms with Crippen LogP contribution >= 0.6 is 0 Å². The Morgan fingerprint density at radius 2 is 1.64 bits per heavy atom. The van der Waals surface area contributed by atoms with Crippen LogP contribution in [0.5, 0.6) is 17.2 Å². The van der Waals surface area contributed by atoms with Gasteiger partial charge >= 0.3 is 0 Å². The number of benzene rings is 2. The van der Waals surface area contributed by atoms with Crippen molar-refractivity contribution in [3.8, 4) is 17.2 Å². The second-order valence-electron chi connectivity index (χ2n) is 5.90. The largest absolute Gasteiger partial charge is 0.493 e. The zero-order valence-corrected chi connectivity index (χ0v) is 15.1. The van der Waals surface area contributed by atoms with Gasteiger partial charge in [0.05, 0.1) is 26.4 Å². The zero-order chi connectivity index (χ0) is 18.2. The lowest BCUT2D eigenvalue weighted by Crippen LogP contribution is -2.26. The number of hydrogen-bond donors (Lipinski definition) is 2. The summed E-state index contributed by atoms with van der Waals surface area (Å²) in [5, 5.41) is 10.3. The van der Waals surface area contributed by atoms with E-state index < -0.39 is 12.1 Å². The molecule has 0 saturated carbocycles. The third-order valence-corrected chi connectivity index (χ3v) is 4.11. The first-order chi connectivity index (χ1) is 12.1. The van der Waals surface area contributed by atoms with Gasteiger partial charge in [-0.2, -0.15) is 0 Å². The van der Waals surface area contributed by atoms with Gasteiger partial charge in [-0.1, -0.05) is 43.7 Å². The van der Waals surface area contributed by atoms with E-state index in [0.29, 0.717) is 35.8 Å². The molecule has 2 atom stereocenters. The average molecular weight is 345 g/mol. The summed E-state index contributed by atoms with van der Waals surface area (Å²) in [4.78, 5) is 0. The first kappa shape index (κ1) is 19.1. The molecule has 0 aromatic heterocycles. The monoisotopic (exact) mass is 345 g/mol. The van der Waals surface area contributed by atoms with Gasteiger partial charge < -0.3 is 25.1 Å². The first-order valence-electron chi connectivity index (χ1n) is 8.47. The van der Waals surface area contributed by atoms with Gasteiger partial charge in [-0.15, -0.1) is 0 Å². The third-order valence-electron chi connectivity index (χ3n) is 4.11. The van der Waals surface area contributed by atoms with Crippen LogP contribution in [-0.4, -0.2) is 25.4 Å². The molecule has 0 aliphatic heterocycles. The molecule has 0 aliphatic carbocycles. The molecule has 5 nitrogen and oxygen atoms in total. The summed E-state index contributed by atoms with van der Waals surface area (Å²) in [5.74, 6) is 1.71. The molecule has 0 saturated heterocycles. The molecule has 0 heterocycles. The van der Waals surface area contributed by atoms with E-state index in [9.17, 15) is 5.11 Å². The lowest BCUT2D eigenvalue weighted by molar-refractivity contribution is 0.132. The predicted molar refractivity (Wildman–Crippen MR) is 98.2 cm³/mol. The van der Waals surface area contributed by atoms with Gasteiger partial charge in [0, 0.05) is 11.6 Å². The van der Waals surface area contributed by atoms with Crippen molar-refractivity contribution in [3.05, 3.63) is 53.6 Å². The maximum Gasteiger partial charge on any atom is 0.164 e. The molecule has 0 spiro atoms. The molecule has 0 unspecified atom stereocenters. The summed E-state index contributed by atoms with van der Waals surface area (Å²) in [7, 11) is 3.14. The molecular weight excluding hydrogens is 318 g/mol. The second kappa shape index (κ2) is 9.30. The number of methoxy groups -OCH3 is 2. The zero-order valence-electron chi connectivity index (χ0n) is 15.1. The van der Waals surface area contributed by atoms with Gasteiger partial charge in [-0.25, -0.2) is 0 Å². The minimum absolute atomic E-state index is 0.403. The smallest absolute Gasteiger partial charge is 0.164 e. The Morgan fingerprint density at radius 3 is 2.24 bits per heavy atom. The number of aliphatic hydroxyl groups excluding tert-OH is 1. The van der Waals surface area contributed by atoms with Gasteiger partial charge in [0.25, 0.3) is 0 Å². The van der Waals surface area contributed by atoms with Crippen LogP contribution in [0.3, 0.4) is 0 Å². The summed E-state index contributed by atoms with van der Waals surface area (Å²) in [6.45, 7) is 2.41. The molecule has 25 heavy (non-hydrogen) atoms. The Morgan fingerprint density at radius 1 is 1.00 bits per heavy atom. The highest BCUT2D eigenvalue weighted by Crippen LogP contribution is 2.38. The molecule has 3 N–H and O–H groups in total. The van der Waals surface area contributed by atoms with Crippen molar-refractivity contribution in [2.24, 2.45) is 5.73 Å². The molecule has 0 fully saturated rings. The number of hydrogen-bond acceptors (Lipinski definition) is 5. The molecule has 0 radical (unpaired) electrons. The predicted octanol–water partition coefficient (Wildman–Crippen LogP) is 3.44. The van der Waals surface area contributed by atoms with Crippen LogP contribution in [0.15, 0.2) is 42.5 Å². The van der Waals surface area contributed by atoms with Crippen molar-refractivity contribution in [1.82, 2.24) is 0 Å². The summed E-state index contributed by atoms with van der Waals surface area (Å²) in [6, 6.07) is 12.8. The summed E-state index contributed by atoms with van der Waals surface area (Å²) in [5.41, 5.74) is 8.03. The Hall–Kier alpha value is -2.24. The van der Waals surface area contributed by atoms with Crippen molar-refractivity contribution in [2.75, 3.05) is 14.2 Å². The van der Waals surface area contributed by atoms with Crippen LogP contribution in [0.25, 0.3) is 0 Å². The van der Waals surface area contributed by atoms with Crippen molar-refractivity contribution in [1.29, 1.82) is 0 Å². The number of ether oxygens (including phenoxy) is 3. The number of aliphatic hydroxyl groups is 1. The van der Waals surface area contributed by atoms with E-state index in [1.165, 1.54) is 0 Å². The van der Waals surface area contributed by atoms with Gasteiger partial charge in [0.15, 0.2) is 11.5 Å². The summed E-state index contributed by atoms with van der Waals surface area (Å²) in [6.07, 6.45) is 0.817. The topological polar surface area (TPSA) is 73.9 Å². The van der Waals surface area contributed by atoms with E-state index >= 15 is 0 Å². The molecule has 0 bridgehead atoms. The highest BCUT2D eigenvalue weighted by molar-refractivity contribution is 5.52. The van der Waals surface area contributed by atoms with Crippen LogP contribution in [-0.2, 0) is 6.61 Å². The van der Waals surface area contributed by atoms with Gasteiger partial charge in [0.1, 0.15) is 12.4 Å². The lowest BCUT2D eigenvalue weighted by atomic mass is 9.97. The first-order valence-corrected chi connectivity index (χ1v) is 8.47. The molecule has 2 rings (SSSR count). The molecular formula is C20H27NO4. The maximum atomic E-state index is 10.3. The molecule has 136 valence electrons. The van der Waals surface area contributed by atoms with E-state index in [1.54, 1.807) is 26.4 Å². The van der Waals surface area contributed by atoms with E-state index in [0.717, 1.165) is 12.0 Å². The van der Waals surface area contributed by atoms with Crippen molar-refractivity contribution < 1.29 is 19.3 Å². The fourth-order valence-electron chi connectivity index (χ4n) is 2.68. The number of nitrogens with two attached hydrogens (primary N) is 1. The van der Waals surface area contributed by atoms with Crippen LogP contribution in [0.2, 0.25) is 0 Å². The third kappa shape index (κ3) is 4.87. The maximum absolute atomic E-state index is 10.3. The van der Waals surface area contributed by atoms with Crippen LogP contribution in [0, 0.1) is 0 Å². The fourth-order valence-corrected chi connectivity index (χ4v) is 2.68. The van der Waals surface area contributed by atoms with E-state index in [2.05, 4.69) is 0 Å². The summed E-state index contributed by atoms with van der Waals surface area (Å²) >= 11 is 0. The van der Waals surface area contributed by atoms with Crippen molar-refractivity contribution in [2.45, 2.75) is 38.5 Å². The normalized spacial score (nSPS) is 13.2. The molecule has 0 amide bonds. The Labute approximate surface area is 149 Å².